The minimum atomic E-state index is 0.879. The molecule has 15 heavy (non-hydrogen) atoms. The molecule has 0 N–H and O–H groups in total. The van der Waals surface area contributed by atoms with Crippen LogP contribution in [0.25, 0.3) is 0 Å². The van der Waals surface area contributed by atoms with Crippen molar-refractivity contribution < 1.29 is 0 Å². The van der Waals surface area contributed by atoms with Gasteiger partial charge in [0.1, 0.15) is 0 Å². The van der Waals surface area contributed by atoms with Gasteiger partial charge in [-0.05, 0) is 32.1 Å². The Hall–Kier alpha value is -1.29. The second kappa shape index (κ2) is 12.7. The standard InChI is InChI=1S/C14H21N/c1-2-3-4-5-6-7-8-9-10-11-12-13-14-15/h2,9-10,12-13H,1,3-8,11H2/b10-9+,13-12+. The van der Waals surface area contributed by atoms with Gasteiger partial charge in [-0.2, -0.15) is 5.26 Å². The van der Waals surface area contributed by atoms with E-state index in [-0.39, 0.29) is 0 Å². The smallest absolute Gasteiger partial charge is 0.0908 e. The predicted molar refractivity (Wildman–Crippen MR) is 66.4 cm³/mol. The molecule has 0 radical (unpaired) electrons. The summed E-state index contributed by atoms with van der Waals surface area (Å²) in [5.74, 6) is 0. The Balaban J connectivity index is 3.13. The summed E-state index contributed by atoms with van der Waals surface area (Å²) in [5, 5.41) is 8.24. The van der Waals surface area contributed by atoms with E-state index in [0.29, 0.717) is 0 Å². The van der Waals surface area contributed by atoms with Crippen LogP contribution in [-0.2, 0) is 0 Å². The Morgan fingerprint density at radius 3 is 2.33 bits per heavy atom. The van der Waals surface area contributed by atoms with Crippen LogP contribution in [0.5, 0.6) is 0 Å². The van der Waals surface area contributed by atoms with Crippen molar-refractivity contribution in [2.24, 2.45) is 0 Å². The van der Waals surface area contributed by atoms with Crippen molar-refractivity contribution in [1.82, 2.24) is 0 Å². The third-order valence-electron chi connectivity index (χ3n) is 2.16. The van der Waals surface area contributed by atoms with Crippen molar-refractivity contribution in [3.63, 3.8) is 0 Å². The Bertz CT molecular complexity index is 230. The van der Waals surface area contributed by atoms with Crippen LogP contribution in [-0.4, -0.2) is 0 Å². The van der Waals surface area contributed by atoms with Crippen LogP contribution in [0.15, 0.2) is 37.0 Å². The van der Waals surface area contributed by atoms with E-state index >= 15 is 0 Å². The number of allylic oxidation sites excluding steroid dienone is 5. The van der Waals surface area contributed by atoms with E-state index in [1.807, 2.05) is 18.2 Å². The van der Waals surface area contributed by atoms with Crippen LogP contribution in [0.2, 0.25) is 0 Å². The molecule has 0 aromatic rings. The highest BCUT2D eigenvalue weighted by molar-refractivity contribution is 5.04. The van der Waals surface area contributed by atoms with Gasteiger partial charge in [0.2, 0.25) is 0 Å². The molecule has 0 saturated heterocycles. The summed E-state index contributed by atoms with van der Waals surface area (Å²) in [6, 6.07) is 1.98. The van der Waals surface area contributed by atoms with Crippen molar-refractivity contribution >= 4 is 0 Å². The first kappa shape index (κ1) is 13.7. The van der Waals surface area contributed by atoms with E-state index in [1.54, 1.807) is 0 Å². The SMILES string of the molecule is C=CCCCCCC/C=C/C/C=C/C#N. The predicted octanol–water partition coefficient (Wildman–Crippen LogP) is 4.54. The topological polar surface area (TPSA) is 23.8 Å². The third kappa shape index (κ3) is 12.7. The normalized spacial score (nSPS) is 10.9. The summed E-state index contributed by atoms with van der Waals surface area (Å²) in [5.41, 5.74) is 0. The van der Waals surface area contributed by atoms with E-state index in [0.717, 1.165) is 19.3 Å². The summed E-state index contributed by atoms with van der Waals surface area (Å²) in [6.45, 7) is 3.70. The number of nitrogens with zero attached hydrogens (tertiary/aromatic N) is 1. The molecule has 0 aliphatic rings. The van der Waals surface area contributed by atoms with Crippen molar-refractivity contribution in [1.29, 1.82) is 5.26 Å². The zero-order valence-corrected chi connectivity index (χ0v) is 9.49. The molecule has 0 rings (SSSR count). The average Bonchev–Trinajstić information content (AvgIpc) is 2.26. The van der Waals surface area contributed by atoms with E-state index in [4.69, 9.17) is 5.26 Å². The Kier molecular flexibility index (Phi) is 11.6. The lowest BCUT2D eigenvalue weighted by atomic mass is 10.1. The van der Waals surface area contributed by atoms with Gasteiger partial charge in [0.05, 0.1) is 6.07 Å². The second-order valence-electron chi connectivity index (χ2n) is 3.52. The molecule has 0 unspecified atom stereocenters. The fourth-order valence-electron chi connectivity index (χ4n) is 1.32. The lowest BCUT2D eigenvalue weighted by Gasteiger charge is -1.96. The molecule has 1 heteroatoms. The first-order valence-corrected chi connectivity index (χ1v) is 5.72. The van der Waals surface area contributed by atoms with Crippen LogP contribution in [0.1, 0.15) is 44.9 Å². The lowest BCUT2D eigenvalue weighted by Crippen LogP contribution is -1.76. The van der Waals surface area contributed by atoms with E-state index < -0.39 is 0 Å². The van der Waals surface area contributed by atoms with Crippen molar-refractivity contribution in [3.8, 4) is 6.07 Å². The molecular weight excluding hydrogens is 182 g/mol. The number of nitriles is 1. The van der Waals surface area contributed by atoms with Crippen LogP contribution in [0, 0.1) is 11.3 Å². The first-order valence-electron chi connectivity index (χ1n) is 5.72. The molecule has 0 aliphatic carbocycles. The fraction of sp³-hybridized carbons (Fsp3) is 0.500. The monoisotopic (exact) mass is 203 g/mol. The maximum absolute atomic E-state index is 8.24. The number of hydrogen-bond donors (Lipinski definition) is 0. The molecule has 0 aliphatic heterocycles. The molecule has 1 nitrogen and oxygen atoms in total. The Labute approximate surface area is 93.8 Å². The fourth-order valence-corrected chi connectivity index (χ4v) is 1.32. The summed E-state index contributed by atoms with van der Waals surface area (Å²) in [6.07, 6.45) is 18.1. The van der Waals surface area contributed by atoms with Crippen LogP contribution >= 0.6 is 0 Å². The van der Waals surface area contributed by atoms with Gasteiger partial charge in [-0.25, -0.2) is 0 Å². The molecule has 0 spiro atoms. The molecule has 0 heterocycles. The van der Waals surface area contributed by atoms with Crippen molar-refractivity contribution in [2.75, 3.05) is 0 Å². The largest absolute Gasteiger partial charge is 0.193 e. The molecule has 0 saturated carbocycles. The highest BCUT2D eigenvalue weighted by Crippen LogP contribution is 2.06. The van der Waals surface area contributed by atoms with Crippen LogP contribution < -0.4 is 0 Å². The van der Waals surface area contributed by atoms with Gasteiger partial charge >= 0.3 is 0 Å². The zero-order chi connectivity index (χ0) is 11.2. The molecule has 0 aromatic heterocycles. The highest BCUT2D eigenvalue weighted by atomic mass is 14.2. The minimum Gasteiger partial charge on any atom is -0.193 e. The Morgan fingerprint density at radius 1 is 0.933 bits per heavy atom. The molecular formula is C14H21N. The molecule has 82 valence electrons. The van der Waals surface area contributed by atoms with Gasteiger partial charge < -0.3 is 0 Å². The first-order chi connectivity index (χ1) is 7.41. The molecule has 0 bridgehead atoms. The lowest BCUT2D eigenvalue weighted by molar-refractivity contribution is 0.652. The maximum Gasteiger partial charge on any atom is 0.0908 e. The van der Waals surface area contributed by atoms with Gasteiger partial charge in [0.15, 0.2) is 0 Å². The molecule has 0 fully saturated rings. The Morgan fingerprint density at radius 2 is 1.67 bits per heavy atom. The minimum absolute atomic E-state index is 0.879. The van der Waals surface area contributed by atoms with Gasteiger partial charge in [0, 0.05) is 6.08 Å². The van der Waals surface area contributed by atoms with Gasteiger partial charge in [-0.15, -0.1) is 6.58 Å². The number of hydrogen-bond acceptors (Lipinski definition) is 1. The highest BCUT2D eigenvalue weighted by Gasteiger charge is 1.86. The molecule has 0 aromatic carbocycles. The van der Waals surface area contributed by atoms with Crippen LogP contribution in [0.3, 0.4) is 0 Å². The van der Waals surface area contributed by atoms with E-state index in [9.17, 15) is 0 Å². The molecule has 0 atom stereocenters. The molecule has 0 amide bonds. The summed E-state index contributed by atoms with van der Waals surface area (Å²) < 4.78 is 0. The summed E-state index contributed by atoms with van der Waals surface area (Å²) >= 11 is 0. The number of rotatable bonds is 9. The van der Waals surface area contributed by atoms with E-state index in [2.05, 4.69) is 18.7 Å². The second-order valence-corrected chi connectivity index (χ2v) is 3.52. The van der Waals surface area contributed by atoms with Gasteiger partial charge in [-0.1, -0.05) is 37.1 Å². The van der Waals surface area contributed by atoms with E-state index in [1.165, 1.54) is 31.8 Å². The van der Waals surface area contributed by atoms with Crippen molar-refractivity contribution in [2.45, 2.75) is 44.9 Å². The average molecular weight is 203 g/mol. The van der Waals surface area contributed by atoms with Crippen molar-refractivity contribution in [3.05, 3.63) is 37.0 Å². The maximum atomic E-state index is 8.24. The zero-order valence-electron chi connectivity index (χ0n) is 9.49. The van der Waals surface area contributed by atoms with Gasteiger partial charge in [0.25, 0.3) is 0 Å². The summed E-state index contributed by atoms with van der Waals surface area (Å²) in [7, 11) is 0. The van der Waals surface area contributed by atoms with Crippen LogP contribution in [0.4, 0.5) is 0 Å². The summed E-state index contributed by atoms with van der Waals surface area (Å²) in [4.78, 5) is 0. The quantitative estimate of drug-likeness (QED) is 0.306. The number of unbranched alkanes of at least 4 members (excludes halogenated alkanes) is 5. The third-order valence-corrected chi connectivity index (χ3v) is 2.16. The van der Waals surface area contributed by atoms with Gasteiger partial charge in [-0.3, -0.25) is 0 Å².